The number of benzene rings is 2. The number of halogens is 3. The van der Waals surface area contributed by atoms with Crippen molar-refractivity contribution in [3.63, 3.8) is 0 Å². The fourth-order valence-electron chi connectivity index (χ4n) is 1.78. The van der Waals surface area contributed by atoms with E-state index in [9.17, 15) is 30.3 Å². The maximum Gasteiger partial charge on any atom is 0.325 e. The molecule has 0 unspecified atom stereocenters. The summed E-state index contributed by atoms with van der Waals surface area (Å²) in [4.78, 5) is 30.1. The fourth-order valence-corrected chi connectivity index (χ4v) is 2.40. The molecule has 0 amide bonds. The molecule has 130 valence electrons. The number of hydrogen-bond acceptors (Lipinski definition) is 7. The Morgan fingerprint density at radius 3 is 1.76 bits per heavy atom. The first kappa shape index (κ1) is 18.6. The summed E-state index contributed by atoms with van der Waals surface area (Å²) >= 11 is 17.5. The van der Waals surface area contributed by atoms with E-state index in [4.69, 9.17) is 39.5 Å². The van der Waals surface area contributed by atoms with Gasteiger partial charge in [0.25, 0.3) is 11.4 Å². The highest BCUT2D eigenvalue weighted by Gasteiger charge is 2.33. The smallest absolute Gasteiger partial charge is 0.325 e. The molecule has 0 heterocycles. The number of non-ortho nitro benzene ring substituents is 1. The standard InChI is InChI=1S/C12H4Cl3N3O7/c13-5-1-7(14)11(15)10(2-5)25-12-8(17(21)22)3-6(16(19)20)4-9(12)18(23)24/h1-4H. The van der Waals surface area contributed by atoms with Crippen LogP contribution in [0, 0.1) is 30.3 Å². The molecule has 13 heteroatoms. The van der Waals surface area contributed by atoms with E-state index < -0.39 is 37.6 Å². The molecule has 0 saturated heterocycles. The maximum absolute atomic E-state index is 11.2. The molecular weight excluding hydrogens is 405 g/mol. The van der Waals surface area contributed by atoms with Crippen molar-refractivity contribution in [2.24, 2.45) is 0 Å². The second kappa shape index (κ2) is 7.05. The van der Waals surface area contributed by atoms with Crippen LogP contribution >= 0.6 is 34.8 Å². The van der Waals surface area contributed by atoms with E-state index in [0.717, 1.165) is 6.07 Å². The topological polar surface area (TPSA) is 139 Å². The minimum Gasteiger partial charge on any atom is -0.442 e. The molecule has 25 heavy (non-hydrogen) atoms. The second-order valence-electron chi connectivity index (χ2n) is 4.39. The minimum atomic E-state index is -1.06. The van der Waals surface area contributed by atoms with Gasteiger partial charge in [-0.15, -0.1) is 0 Å². The second-order valence-corrected chi connectivity index (χ2v) is 5.61. The molecule has 2 aromatic carbocycles. The molecule has 0 atom stereocenters. The molecule has 0 N–H and O–H groups in total. The van der Waals surface area contributed by atoms with E-state index in [-0.39, 0.29) is 20.8 Å². The van der Waals surface area contributed by atoms with Crippen LogP contribution in [-0.4, -0.2) is 14.8 Å². The van der Waals surface area contributed by atoms with Crippen molar-refractivity contribution >= 4 is 51.9 Å². The van der Waals surface area contributed by atoms with Crippen LogP contribution in [0.5, 0.6) is 11.5 Å². The van der Waals surface area contributed by atoms with Crippen molar-refractivity contribution in [2.75, 3.05) is 0 Å². The molecule has 0 aliphatic heterocycles. The highest BCUT2D eigenvalue weighted by Crippen LogP contribution is 2.45. The third kappa shape index (κ3) is 3.87. The average molecular weight is 409 g/mol. The van der Waals surface area contributed by atoms with Crippen LogP contribution in [0.15, 0.2) is 24.3 Å². The van der Waals surface area contributed by atoms with Gasteiger partial charge in [0.05, 0.1) is 31.9 Å². The van der Waals surface area contributed by atoms with Gasteiger partial charge < -0.3 is 4.74 Å². The molecule has 2 rings (SSSR count). The number of nitro groups is 3. The number of ether oxygens (including phenoxy) is 1. The summed E-state index contributed by atoms with van der Waals surface area (Å²) in [5.41, 5.74) is -2.83. The van der Waals surface area contributed by atoms with Gasteiger partial charge in [-0.25, -0.2) is 0 Å². The molecule has 2 aromatic rings. The molecule has 0 bridgehead atoms. The lowest BCUT2D eigenvalue weighted by Gasteiger charge is -2.10. The predicted octanol–water partition coefficient (Wildman–Crippen LogP) is 5.16. The molecule has 0 saturated carbocycles. The third-order valence-corrected chi connectivity index (χ3v) is 3.81. The van der Waals surface area contributed by atoms with Gasteiger partial charge in [-0.3, -0.25) is 30.3 Å². The summed E-state index contributed by atoms with van der Waals surface area (Å²) in [6.07, 6.45) is 0. The zero-order valence-electron chi connectivity index (χ0n) is 11.6. The number of rotatable bonds is 5. The molecule has 10 nitrogen and oxygen atoms in total. The number of nitrogens with zero attached hydrogens (tertiary/aromatic N) is 3. The van der Waals surface area contributed by atoms with Crippen LogP contribution in [0.1, 0.15) is 0 Å². The first-order valence-corrected chi connectivity index (χ1v) is 7.18. The highest BCUT2D eigenvalue weighted by atomic mass is 35.5. The highest BCUT2D eigenvalue weighted by molar-refractivity contribution is 6.44. The molecule has 0 aliphatic rings. The van der Waals surface area contributed by atoms with Crippen LogP contribution in [0.25, 0.3) is 0 Å². The van der Waals surface area contributed by atoms with Gasteiger partial charge in [-0.05, 0) is 6.07 Å². The lowest BCUT2D eigenvalue weighted by molar-refractivity contribution is -0.404. The van der Waals surface area contributed by atoms with Crippen LogP contribution < -0.4 is 4.74 Å². The van der Waals surface area contributed by atoms with Crippen molar-refractivity contribution < 1.29 is 19.5 Å². The van der Waals surface area contributed by atoms with Crippen molar-refractivity contribution in [2.45, 2.75) is 0 Å². The Kier molecular flexibility index (Phi) is 5.26. The van der Waals surface area contributed by atoms with Crippen LogP contribution in [0.2, 0.25) is 15.1 Å². The molecule has 0 aliphatic carbocycles. The monoisotopic (exact) mass is 407 g/mol. The van der Waals surface area contributed by atoms with Crippen molar-refractivity contribution in [1.82, 2.24) is 0 Å². The van der Waals surface area contributed by atoms with E-state index in [1.54, 1.807) is 0 Å². The lowest BCUT2D eigenvalue weighted by atomic mass is 10.2. The number of hydrogen-bond donors (Lipinski definition) is 0. The largest absolute Gasteiger partial charge is 0.442 e. The van der Waals surface area contributed by atoms with E-state index in [1.807, 2.05) is 0 Å². The van der Waals surface area contributed by atoms with Gasteiger partial charge >= 0.3 is 11.4 Å². The Morgan fingerprint density at radius 1 is 0.800 bits per heavy atom. The van der Waals surface area contributed by atoms with E-state index in [1.165, 1.54) is 6.07 Å². The normalized spacial score (nSPS) is 10.4. The van der Waals surface area contributed by atoms with Gasteiger partial charge in [0.1, 0.15) is 10.8 Å². The van der Waals surface area contributed by atoms with Crippen LogP contribution in [-0.2, 0) is 0 Å². The van der Waals surface area contributed by atoms with Gasteiger partial charge in [0.2, 0.25) is 0 Å². The minimum absolute atomic E-state index is 0.0524. The van der Waals surface area contributed by atoms with E-state index in [2.05, 4.69) is 0 Å². The van der Waals surface area contributed by atoms with Gasteiger partial charge in [0, 0.05) is 11.1 Å². The predicted molar refractivity (Wildman–Crippen MR) is 88.0 cm³/mol. The Morgan fingerprint density at radius 2 is 1.32 bits per heavy atom. The Labute approximate surface area is 152 Å². The fraction of sp³-hybridized carbons (Fsp3) is 0. The summed E-state index contributed by atoms with van der Waals surface area (Å²) in [6.45, 7) is 0. The van der Waals surface area contributed by atoms with E-state index in [0.29, 0.717) is 12.1 Å². The Bertz CT molecular complexity index is 884. The first-order valence-electron chi connectivity index (χ1n) is 6.05. The van der Waals surface area contributed by atoms with Gasteiger partial charge in [0.15, 0.2) is 0 Å². The van der Waals surface area contributed by atoms with E-state index >= 15 is 0 Å². The SMILES string of the molecule is O=[N+]([O-])c1cc([N+](=O)[O-])c(Oc2cc(Cl)cc(Cl)c2Cl)c([N+](=O)[O-])c1. The van der Waals surface area contributed by atoms with Crippen molar-refractivity contribution in [3.05, 3.63) is 69.7 Å². The summed E-state index contributed by atoms with van der Waals surface area (Å²) in [7, 11) is 0. The van der Waals surface area contributed by atoms with Crippen molar-refractivity contribution in [3.8, 4) is 11.5 Å². The van der Waals surface area contributed by atoms with Crippen molar-refractivity contribution in [1.29, 1.82) is 0 Å². The zero-order valence-corrected chi connectivity index (χ0v) is 13.9. The number of nitro benzene ring substituents is 3. The maximum atomic E-state index is 11.2. The van der Waals surface area contributed by atoms with Gasteiger partial charge in [-0.2, -0.15) is 0 Å². The molecule has 0 aromatic heterocycles. The Balaban J connectivity index is 2.73. The molecule has 0 radical (unpaired) electrons. The van der Waals surface area contributed by atoms with Crippen LogP contribution in [0.4, 0.5) is 17.1 Å². The molecule has 0 fully saturated rings. The lowest BCUT2D eigenvalue weighted by Crippen LogP contribution is -2.01. The molecular formula is C12H4Cl3N3O7. The summed E-state index contributed by atoms with van der Waals surface area (Å²) in [6, 6.07) is 3.45. The third-order valence-electron chi connectivity index (χ3n) is 2.81. The first-order chi connectivity index (χ1) is 11.6. The molecule has 0 spiro atoms. The summed E-state index contributed by atoms with van der Waals surface area (Å²) in [5.74, 6) is -1.14. The zero-order chi connectivity index (χ0) is 18.9. The Hall–Kier alpha value is -2.69. The quantitative estimate of drug-likeness (QED) is 0.378. The summed E-state index contributed by atoms with van der Waals surface area (Å²) < 4.78 is 5.18. The van der Waals surface area contributed by atoms with Gasteiger partial charge in [-0.1, -0.05) is 34.8 Å². The van der Waals surface area contributed by atoms with Crippen LogP contribution in [0.3, 0.4) is 0 Å². The average Bonchev–Trinajstić information content (AvgIpc) is 2.51. The summed E-state index contributed by atoms with van der Waals surface area (Å²) in [5, 5.41) is 33.0.